The topological polar surface area (TPSA) is 119 Å². The zero-order valence-corrected chi connectivity index (χ0v) is 17.2. The second kappa shape index (κ2) is 9.48. The Kier molecular flexibility index (Phi) is 7.29. The number of hydrogen-bond donors (Lipinski definition) is 1. The van der Waals surface area contributed by atoms with Crippen LogP contribution in [0.1, 0.15) is 31.1 Å². The molecule has 156 valence electrons. The van der Waals surface area contributed by atoms with Crippen LogP contribution in [0.4, 0.5) is 11.4 Å². The van der Waals surface area contributed by atoms with E-state index >= 15 is 0 Å². The standard InChI is InChI=1S/C19H23N3O6S/c1-4-21(5-2)29(26,27)16-10-11-18(28-6-3)17(13-16)20-19(23)14-8-7-9-15(12-14)22(24)25/h7-13H,4-6H2,1-3H3,(H,20,23). The lowest BCUT2D eigenvalue weighted by Gasteiger charge is -2.20. The number of ether oxygens (including phenoxy) is 1. The first-order chi connectivity index (χ1) is 13.7. The van der Waals surface area contributed by atoms with E-state index in [-0.39, 0.29) is 21.8 Å². The SMILES string of the molecule is CCOc1ccc(S(=O)(=O)N(CC)CC)cc1NC(=O)c1cccc([N+](=O)[O-])c1. The quantitative estimate of drug-likeness (QED) is 0.490. The second-order valence-corrected chi connectivity index (χ2v) is 7.88. The van der Waals surface area contributed by atoms with Crippen LogP contribution in [0.5, 0.6) is 5.75 Å². The molecular weight excluding hydrogens is 398 g/mol. The van der Waals surface area contributed by atoms with Crippen LogP contribution in [-0.4, -0.2) is 43.2 Å². The number of hydrogen-bond acceptors (Lipinski definition) is 6. The fourth-order valence-electron chi connectivity index (χ4n) is 2.72. The molecule has 0 heterocycles. The van der Waals surface area contributed by atoms with Crippen LogP contribution in [0.25, 0.3) is 0 Å². The first-order valence-corrected chi connectivity index (χ1v) is 10.5. The lowest BCUT2D eigenvalue weighted by Crippen LogP contribution is -2.30. The minimum atomic E-state index is -3.74. The van der Waals surface area contributed by atoms with Crippen molar-refractivity contribution in [3.8, 4) is 5.75 Å². The number of sulfonamides is 1. The third-order valence-corrected chi connectivity index (χ3v) is 6.21. The van der Waals surface area contributed by atoms with E-state index in [0.29, 0.717) is 25.4 Å². The normalized spacial score (nSPS) is 11.3. The lowest BCUT2D eigenvalue weighted by atomic mass is 10.2. The van der Waals surface area contributed by atoms with Crippen molar-refractivity contribution in [3.63, 3.8) is 0 Å². The summed E-state index contributed by atoms with van der Waals surface area (Å²) in [5, 5.41) is 13.5. The smallest absolute Gasteiger partial charge is 0.270 e. The van der Waals surface area contributed by atoms with Gasteiger partial charge in [0.2, 0.25) is 10.0 Å². The maximum atomic E-state index is 12.8. The molecule has 2 aromatic rings. The van der Waals surface area contributed by atoms with E-state index in [2.05, 4.69) is 5.32 Å². The molecule has 0 spiro atoms. The lowest BCUT2D eigenvalue weighted by molar-refractivity contribution is -0.384. The minimum absolute atomic E-state index is 0.0130. The monoisotopic (exact) mass is 421 g/mol. The van der Waals surface area contributed by atoms with Crippen molar-refractivity contribution in [1.82, 2.24) is 4.31 Å². The number of benzene rings is 2. The molecule has 0 aromatic heterocycles. The Morgan fingerprint density at radius 3 is 2.41 bits per heavy atom. The van der Waals surface area contributed by atoms with Crippen LogP contribution in [0.15, 0.2) is 47.4 Å². The summed E-state index contributed by atoms with van der Waals surface area (Å²) in [4.78, 5) is 23.0. The summed E-state index contributed by atoms with van der Waals surface area (Å²) in [5.41, 5.74) is 0.00998. The molecule has 0 aliphatic heterocycles. The van der Waals surface area contributed by atoms with Gasteiger partial charge in [-0.3, -0.25) is 14.9 Å². The van der Waals surface area contributed by atoms with Gasteiger partial charge in [-0.25, -0.2) is 8.42 Å². The van der Waals surface area contributed by atoms with Crippen LogP contribution in [-0.2, 0) is 10.0 Å². The number of nitro benzene ring substituents is 1. The van der Waals surface area contributed by atoms with Gasteiger partial charge in [0.05, 0.1) is 22.1 Å². The van der Waals surface area contributed by atoms with Gasteiger partial charge in [-0.05, 0) is 31.2 Å². The highest BCUT2D eigenvalue weighted by Gasteiger charge is 2.23. The number of non-ortho nitro benzene ring substituents is 1. The summed E-state index contributed by atoms with van der Waals surface area (Å²) in [6.45, 7) is 6.15. The molecule has 0 saturated heterocycles. The highest BCUT2D eigenvalue weighted by atomic mass is 32.2. The molecule has 0 aliphatic rings. The minimum Gasteiger partial charge on any atom is -0.492 e. The van der Waals surface area contributed by atoms with Gasteiger partial charge in [0.15, 0.2) is 0 Å². The molecule has 0 radical (unpaired) electrons. The average Bonchev–Trinajstić information content (AvgIpc) is 2.70. The maximum absolute atomic E-state index is 12.8. The van der Waals surface area contributed by atoms with E-state index in [1.54, 1.807) is 20.8 Å². The zero-order valence-electron chi connectivity index (χ0n) is 16.4. The van der Waals surface area contributed by atoms with Gasteiger partial charge in [-0.15, -0.1) is 0 Å². The van der Waals surface area contributed by atoms with E-state index < -0.39 is 20.9 Å². The molecule has 0 unspecified atom stereocenters. The Morgan fingerprint density at radius 2 is 1.83 bits per heavy atom. The highest BCUT2D eigenvalue weighted by molar-refractivity contribution is 7.89. The number of rotatable bonds is 9. The molecule has 29 heavy (non-hydrogen) atoms. The largest absolute Gasteiger partial charge is 0.492 e. The van der Waals surface area contributed by atoms with Crippen LogP contribution in [0.2, 0.25) is 0 Å². The van der Waals surface area contributed by atoms with Crippen molar-refractivity contribution in [2.75, 3.05) is 25.0 Å². The van der Waals surface area contributed by atoms with Crippen LogP contribution >= 0.6 is 0 Å². The maximum Gasteiger partial charge on any atom is 0.270 e. The first-order valence-electron chi connectivity index (χ1n) is 9.07. The average molecular weight is 421 g/mol. The number of nitro groups is 1. The molecule has 1 amide bonds. The molecule has 1 N–H and O–H groups in total. The number of carbonyl (C=O) groups is 1. The van der Waals surface area contributed by atoms with Gasteiger partial charge < -0.3 is 10.1 Å². The second-order valence-electron chi connectivity index (χ2n) is 5.94. The molecule has 2 rings (SSSR count). The van der Waals surface area contributed by atoms with Crippen molar-refractivity contribution in [1.29, 1.82) is 0 Å². The van der Waals surface area contributed by atoms with Crippen LogP contribution in [0, 0.1) is 10.1 Å². The Balaban J connectivity index is 2.43. The summed E-state index contributed by atoms with van der Waals surface area (Å²) < 4.78 is 32.4. The number of nitrogens with zero attached hydrogens (tertiary/aromatic N) is 2. The number of amides is 1. The summed E-state index contributed by atoms with van der Waals surface area (Å²) in [5.74, 6) is -0.322. The van der Waals surface area contributed by atoms with Gasteiger partial charge in [-0.1, -0.05) is 19.9 Å². The van der Waals surface area contributed by atoms with Crippen molar-refractivity contribution in [2.45, 2.75) is 25.7 Å². The molecule has 0 bridgehead atoms. The van der Waals surface area contributed by atoms with Gasteiger partial charge in [0.25, 0.3) is 11.6 Å². The molecule has 0 atom stereocenters. The zero-order chi connectivity index (χ0) is 21.6. The number of anilines is 1. The Morgan fingerprint density at radius 1 is 1.14 bits per heavy atom. The Bertz CT molecular complexity index is 1000. The van der Waals surface area contributed by atoms with E-state index in [0.717, 1.165) is 6.07 Å². The van der Waals surface area contributed by atoms with Crippen LogP contribution in [0.3, 0.4) is 0 Å². The number of nitrogens with one attached hydrogen (secondary N) is 1. The third-order valence-electron chi connectivity index (χ3n) is 4.16. The van der Waals surface area contributed by atoms with Crippen molar-refractivity contribution >= 4 is 27.3 Å². The fraction of sp³-hybridized carbons (Fsp3) is 0.316. The van der Waals surface area contributed by atoms with E-state index in [1.165, 1.54) is 40.7 Å². The summed E-state index contributed by atoms with van der Waals surface area (Å²) in [6, 6.07) is 9.47. The van der Waals surface area contributed by atoms with Crippen molar-refractivity contribution in [2.24, 2.45) is 0 Å². The highest BCUT2D eigenvalue weighted by Crippen LogP contribution is 2.30. The fourth-order valence-corrected chi connectivity index (χ4v) is 4.20. The van der Waals surface area contributed by atoms with Crippen molar-refractivity contribution in [3.05, 3.63) is 58.1 Å². The summed E-state index contributed by atoms with van der Waals surface area (Å²) in [6.07, 6.45) is 0. The van der Waals surface area contributed by atoms with Crippen molar-refractivity contribution < 1.29 is 22.9 Å². The van der Waals surface area contributed by atoms with E-state index in [9.17, 15) is 23.3 Å². The van der Waals surface area contributed by atoms with Gasteiger partial charge >= 0.3 is 0 Å². The van der Waals surface area contributed by atoms with E-state index in [1.807, 2.05) is 0 Å². The molecular formula is C19H23N3O6S. The molecule has 0 fully saturated rings. The van der Waals surface area contributed by atoms with Gasteiger partial charge in [0, 0.05) is 30.8 Å². The van der Waals surface area contributed by atoms with Gasteiger partial charge in [-0.2, -0.15) is 4.31 Å². The molecule has 0 aliphatic carbocycles. The molecule has 0 saturated carbocycles. The number of carbonyl (C=O) groups excluding carboxylic acids is 1. The molecule has 2 aromatic carbocycles. The summed E-state index contributed by atoms with van der Waals surface area (Å²) in [7, 11) is -3.74. The third kappa shape index (κ3) is 5.09. The van der Waals surface area contributed by atoms with Crippen LogP contribution < -0.4 is 10.1 Å². The molecule has 10 heteroatoms. The Labute approximate surface area is 169 Å². The Hall–Kier alpha value is -2.98. The predicted molar refractivity (Wildman–Crippen MR) is 109 cm³/mol. The molecule has 9 nitrogen and oxygen atoms in total. The predicted octanol–water partition coefficient (Wildman–Crippen LogP) is 3.28. The van der Waals surface area contributed by atoms with Gasteiger partial charge in [0.1, 0.15) is 5.75 Å². The van der Waals surface area contributed by atoms with E-state index in [4.69, 9.17) is 4.74 Å². The summed E-state index contributed by atoms with van der Waals surface area (Å²) >= 11 is 0. The first kappa shape index (κ1) is 22.3.